The maximum atomic E-state index is 13.1. The van der Waals surface area contributed by atoms with Crippen LogP contribution < -0.4 is 11.1 Å². The van der Waals surface area contributed by atoms with Crippen molar-refractivity contribution in [1.82, 2.24) is 4.90 Å². The number of carbonyl (C=O) groups excluding carboxylic acids is 2. The van der Waals surface area contributed by atoms with Crippen molar-refractivity contribution in [3.05, 3.63) is 64.7 Å². The highest BCUT2D eigenvalue weighted by Crippen LogP contribution is 2.44. The Kier molecular flexibility index (Phi) is 6.11. The van der Waals surface area contributed by atoms with Crippen molar-refractivity contribution in [1.29, 1.82) is 0 Å². The number of nitrogens with two attached hydrogens (primary N) is 1. The van der Waals surface area contributed by atoms with E-state index in [0.717, 1.165) is 68.6 Å². The Labute approximate surface area is 182 Å². The van der Waals surface area contributed by atoms with Gasteiger partial charge < -0.3 is 11.1 Å². The van der Waals surface area contributed by atoms with E-state index in [-0.39, 0.29) is 17.7 Å². The van der Waals surface area contributed by atoms with Gasteiger partial charge in [-0.1, -0.05) is 42.3 Å². The van der Waals surface area contributed by atoms with Gasteiger partial charge in [0.05, 0.1) is 11.3 Å². The molecule has 2 aromatic carbocycles. The Balaban J connectivity index is 1.39. The molecule has 0 bridgehead atoms. The van der Waals surface area contributed by atoms with Crippen molar-refractivity contribution < 1.29 is 9.59 Å². The van der Waals surface area contributed by atoms with Crippen molar-refractivity contribution in [3.8, 4) is 0 Å². The molecule has 30 heavy (non-hydrogen) atoms. The fourth-order valence-corrected chi connectivity index (χ4v) is 4.71. The van der Waals surface area contributed by atoms with Gasteiger partial charge in [0.15, 0.2) is 0 Å². The minimum absolute atomic E-state index is 0.0455. The van der Waals surface area contributed by atoms with Crippen LogP contribution in [-0.4, -0.2) is 29.8 Å². The highest BCUT2D eigenvalue weighted by atomic mass is 35.5. The van der Waals surface area contributed by atoms with Crippen molar-refractivity contribution in [2.24, 2.45) is 11.7 Å². The second-order valence-electron chi connectivity index (χ2n) is 8.57. The summed E-state index contributed by atoms with van der Waals surface area (Å²) in [5.41, 5.74) is 8.01. The van der Waals surface area contributed by atoms with Crippen LogP contribution in [-0.2, 0) is 21.5 Å². The van der Waals surface area contributed by atoms with Crippen LogP contribution in [0.15, 0.2) is 48.5 Å². The standard InChI is InChI=1S/C24H28ClN3O2/c25-20-8-6-19(7-9-20)24(12-2-13-24)23(30)27-21-10-4-17(5-11-21)15-28-14-1-3-18(16-28)22(26)29/h4-11,18H,1-3,12-16H2,(H2,26,29)(H,27,30). The molecule has 1 saturated carbocycles. The molecule has 1 atom stereocenters. The summed E-state index contributed by atoms with van der Waals surface area (Å²) >= 11 is 6.01. The average Bonchev–Trinajstić information content (AvgIpc) is 2.70. The van der Waals surface area contributed by atoms with Crippen LogP contribution in [0.2, 0.25) is 5.02 Å². The molecule has 158 valence electrons. The van der Waals surface area contributed by atoms with E-state index in [9.17, 15) is 9.59 Å². The molecule has 1 unspecified atom stereocenters. The Hall–Kier alpha value is -2.37. The van der Waals surface area contributed by atoms with Crippen molar-refractivity contribution in [3.63, 3.8) is 0 Å². The third-order valence-corrected chi connectivity index (χ3v) is 6.82. The Morgan fingerprint density at radius 2 is 1.77 bits per heavy atom. The summed E-state index contributed by atoms with van der Waals surface area (Å²) in [6.07, 6.45) is 4.64. The number of nitrogens with one attached hydrogen (secondary N) is 1. The first-order chi connectivity index (χ1) is 14.5. The van der Waals surface area contributed by atoms with E-state index in [4.69, 9.17) is 17.3 Å². The van der Waals surface area contributed by atoms with Crippen LogP contribution in [0.25, 0.3) is 0 Å². The molecule has 3 N–H and O–H groups in total. The fraction of sp³-hybridized carbons (Fsp3) is 0.417. The Morgan fingerprint density at radius 3 is 2.37 bits per heavy atom. The van der Waals surface area contributed by atoms with E-state index in [1.807, 2.05) is 48.5 Å². The number of anilines is 1. The third kappa shape index (κ3) is 4.37. The summed E-state index contributed by atoms with van der Waals surface area (Å²) < 4.78 is 0. The Bertz CT molecular complexity index is 907. The molecule has 2 amide bonds. The van der Waals surface area contributed by atoms with Crippen molar-refractivity contribution >= 4 is 29.1 Å². The second-order valence-corrected chi connectivity index (χ2v) is 9.01. The highest BCUT2D eigenvalue weighted by Gasteiger charge is 2.45. The molecule has 1 heterocycles. The van der Waals surface area contributed by atoms with Gasteiger partial charge in [-0.2, -0.15) is 0 Å². The number of benzene rings is 2. The SMILES string of the molecule is NC(=O)C1CCCN(Cc2ccc(NC(=O)C3(c4ccc(Cl)cc4)CCC3)cc2)C1. The second kappa shape index (κ2) is 8.78. The lowest BCUT2D eigenvalue weighted by molar-refractivity contribution is -0.124. The first kappa shape index (κ1) is 20.9. The molecule has 2 aliphatic rings. The number of piperidine rings is 1. The summed E-state index contributed by atoms with van der Waals surface area (Å²) in [4.78, 5) is 26.9. The predicted octanol–water partition coefficient (Wildman–Crippen LogP) is 4.10. The maximum absolute atomic E-state index is 13.1. The summed E-state index contributed by atoms with van der Waals surface area (Å²) in [5, 5.41) is 3.78. The van der Waals surface area contributed by atoms with Gasteiger partial charge in [-0.3, -0.25) is 14.5 Å². The van der Waals surface area contributed by atoms with Crippen molar-refractivity contribution in [2.75, 3.05) is 18.4 Å². The van der Waals surface area contributed by atoms with Crippen LogP contribution in [0.1, 0.15) is 43.2 Å². The zero-order valence-electron chi connectivity index (χ0n) is 17.1. The molecule has 5 nitrogen and oxygen atoms in total. The number of hydrogen-bond donors (Lipinski definition) is 2. The zero-order valence-corrected chi connectivity index (χ0v) is 17.8. The van der Waals surface area contributed by atoms with Crippen LogP contribution >= 0.6 is 11.6 Å². The number of rotatable bonds is 6. The molecule has 1 aliphatic carbocycles. The van der Waals surface area contributed by atoms with E-state index in [0.29, 0.717) is 5.02 Å². The fourth-order valence-electron chi connectivity index (χ4n) is 4.58. The maximum Gasteiger partial charge on any atom is 0.235 e. The Morgan fingerprint density at radius 1 is 1.07 bits per heavy atom. The number of nitrogens with zero attached hydrogens (tertiary/aromatic N) is 1. The molecule has 2 aromatic rings. The summed E-state index contributed by atoms with van der Waals surface area (Å²) in [6.45, 7) is 2.48. The number of amides is 2. The molecule has 0 spiro atoms. The summed E-state index contributed by atoms with van der Waals surface area (Å²) in [5.74, 6) is -0.212. The molecule has 0 radical (unpaired) electrons. The van der Waals surface area contributed by atoms with Gasteiger partial charge in [0.25, 0.3) is 0 Å². The number of likely N-dealkylation sites (tertiary alicyclic amines) is 1. The molecule has 1 aliphatic heterocycles. The smallest absolute Gasteiger partial charge is 0.235 e. The molecular formula is C24H28ClN3O2. The van der Waals surface area contributed by atoms with E-state index in [1.54, 1.807) is 0 Å². The van der Waals surface area contributed by atoms with Gasteiger partial charge in [0, 0.05) is 23.8 Å². The van der Waals surface area contributed by atoms with E-state index < -0.39 is 5.41 Å². The monoisotopic (exact) mass is 425 g/mol. The van der Waals surface area contributed by atoms with E-state index >= 15 is 0 Å². The van der Waals surface area contributed by atoms with Crippen molar-refractivity contribution in [2.45, 2.75) is 44.1 Å². The van der Waals surface area contributed by atoms with E-state index in [2.05, 4.69) is 10.2 Å². The lowest BCUT2D eigenvalue weighted by atomic mass is 9.64. The quantitative estimate of drug-likeness (QED) is 0.731. The lowest BCUT2D eigenvalue weighted by Gasteiger charge is -2.40. The van der Waals surface area contributed by atoms with Gasteiger partial charge in [0.1, 0.15) is 0 Å². The average molecular weight is 426 g/mol. The largest absolute Gasteiger partial charge is 0.369 e. The third-order valence-electron chi connectivity index (χ3n) is 6.56. The van der Waals surface area contributed by atoms with Gasteiger partial charge in [0.2, 0.25) is 11.8 Å². The summed E-state index contributed by atoms with van der Waals surface area (Å²) in [7, 11) is 0. The van der Waals surface area contributed by atoms with Gasteiger partial charge in [-0.15, -0.1) is 0 Å². The van der Waals surface area contributed by atoms with Gasteiger partial charge in [-0.05, 0) is 67.6 Å². The zero-order chi connectivity index (χ0) is 21.1. The molecule has 1 saturated heterocycles. The molecule has 6 heteroatoms. The topological polar surface area (TPSA) is 75.4 Å². The van der Waals surface area contributed by atoms with Gasteiger partial charge >= 0.3 is 0 Å². The van der Waals surface area contributed by atoms with E-state index in [1.165, 1.54) is 0 Å². The minimum atomic E-state index is -0.458. The lowest BCUT2D eigenvalue weighted by Crippen LogP contribution is -2.46. The number of halogens is 1. The normalized spacial score (nSPS) is 20.9. The van der Waals surface area contributed by atoms with Gasteiger partial charge in [-0.25, -0.2) is 0 Å². The first-order valence-electron chi connectivity index (χ1n) is 10.6. The first-order valence-corrected chi connectivity index (χ1v) is 11.0. The summed E-state index contributed by atoms with van der Waals surface area (Å²) in [6, 6.07) is 15.6. The predicted molar refractivity (Wildman–Crippen MR) is 119 cm³/mol. The molecule has 0 aromatic heterocycles. The number of carbonyl (C=O) groups is 2. The van der Waals surface area contributed by atoms with Crippen LogP contribution in [0.4, 0.5) is 5.69 Å². The molecular weight excluding hydrogens is 398 g/mol. The molecule has 4 rings (SSSR count). The molecule has 2 fully saturated rings. The van der Waals surface area contributed by atoms with Crippen LogP contribution in [0.3, 0.4) is 0 Å². The van der Waals surface area contributed by atoms with Crippen LogP contribution in [0, 0.1) is 5.92 Å². The number of primary amides is 1. The number of hydrogen-bond acceptors (Lipinski definition) is 3. The highest BCUT2D eigenvalue weighted by molar-refractivity contribution is 6.30. The minimum Gasteiger partial charge on any atom is -0.369 e. The van der Waals surface area contributed by atoms with Crippen LogP contribution in [0.5, 0.6) is 0 Å².